The number of carbonyl (C=O) groups is 1. The molecule has 3 heterocycles. The summed E-state index contributed by atoms with van der Waals surface area (Å²) in [7, 11) is 0. The molecule has 0 aliphatic carbocycles. The van der Waals surface area contributed by atoms with Gasteiger partial charge in [-0.05, 0) is 61.4 Å². The Kier molecular flexibility index (Phi) is 6.32. The molecule has 2 aromatic heterocycles. The van der Waals surface area contributed by atoms with Crippen molar-refractivity contribution >= 4 is 11.6 Å². The van der Waals surface area contributed by atoms with Crippen LogP contribution in [0.3, 0.4) is 0 Å². The monoisotopic (exact) mass is 454 g/mol. The van der Waals surface area contributed by atoms with Gasteiger partial charge in [-0.2, -0.15) is 5.10 Å². The average Bonchev–Trinajstić information content (AvgIpc) is 3.52. The predicted octanol–water partition coefficient (Wildman–Crippen LogP) is 3.71. The molecule has 0 radical (unpaired) electrons. The Morgan fingerprint density at radius 1 is 1.00 bits per heavy atom. The summed E-state index contributed by atoms with van der Waals surface area (Å²) in [6.45, 7) is 7.02. The van der Waals surface area contributed by atoms with Crippen LogP contribution < -0.4 is 10.2 Å². The number of para-hydroxylation sites is 1. The number of aryl methyl sites for hydroxylation is 2. The average molecular weight is 455 g/mol. The third-order valence-corrected chi connectivity index (χ3v) is 6.95. The summed E-state index contributed by atoms with van der Waals surface area (Å²) in [6, 6.07) is 20.5. The van der Waals surface area contributed by atoms with Crippen LogP contribution in [0.15, 0.2) is 79.3 Å². The zero-order valence-corrected chi connectivity index (χ0v) is 19.9. The maximum atomic E-state index is 12.9. The van der Waals surface area contributed by atoms with Crippen LogP contribution in [0.25, 0.3) is 11.5 Å². The van der Waals surface area contributed by atoms with Crippen molar-refractivity contribution in [1.82, 2.24) is 14.3 Å². The molecule has 1 aliphatic rings. The molecule has 174 valence electrons. The van der Waals surface area contributed by atoms with E-state index >= 15 is 0 Å². The van der Waals surface area contributed by atoms with Gasteiger partial charge in [0.2, 0.25) is 5.91 Å². The van der Waals surface area contributed by atoms with E-state index in [2.05, 4.69) is 60.4 Å². The molecule has 6 nitrogen and oxygen atoms in total. The Morgan fingerprint density at radius 3 is 2.44 bits per heavy atom. The maximum absolute atomic E-state index is 12.9. The van der Waals surface area contributed by atoms with Crippen LogP contribution in [0.5, 0.6) is 0 Å². The van der Waals surface area contributed by atoms with Crippen LogP contribution in [0, 0.1) is 19.8 Å². The zero-order valence-electron chi connectivity index (χ0n) is 19.9. The topological polar surface area (TPSA) is 56.3 Å². The maximum Gasteiger partial charge on any atom is 0.227 e. The number of carbonyl (C=O) groups excluding carboxylic acids is 1. The molecule has 0 unspecified atom stereocenters. The van der Waals surface area contributed by atoms with Crippen molar-refractivity contribution in [3.05, 3.63) is 95.9 Å². The number of amides is 1. The van der Waals surface area contributed by atoms with E-state index in [9.17, 15) is 4.79 Å². The molecule has 1 amide bonds. The molecule has 0 spiro atoms. The number of hydrogen-bond donors (Lipinski definition) is 2. The molecule has 1 fully saturated rings. The summed E-state index contributed by atoms with van der Waals surface area (Å²) >= 11 is 0. The van der Waals surface area contributed by atoms with E-state index in [0.717, 1.165) is 49.7 Å². The Hall–Kier alpha value is -3.64. The number of benzene rings is 2. The van der Waals surface area contributed by atoms with Gasteiger partial charge in [0.25, 0.3) is 0 Å². The Balaban J connectivity index is 1.26. The Bertz CT molecular complexity index is 1250. The standard InChI is InChI=1S/C28H31N5O/c1-21-10-11-25(18-22(21)2)30-27(34)23-12-16-31(17-13-23)20-24-19-29-33(26-8-4-3-5-9-26)28(24)32-14-6-7-15-32/h3-11,14-15,18-19,23H,12-13,16-17,20H2,1-2H3,(H,30,34)/p+1. The second-order valence-electron chi connectivity index (χ2n) is 9.32. The van der Waals surface area contributed by atoms with E-state index in [1.54, 1.807) is 0 Å². The number of rotatable bonds is 6. The van der Waals surface area contributed by atoms with Crippen LogP contribution in [-0.2, 0) is 11.3 Å². The van der Waals surface area contributed by atoms with Crippen molar-refractivity contribution in [2.45, 2.75) is 33.2 Å². The number of quaternary nitrogens is 1. The first-order valence-electron chi connectivity index (χ1n) is 12.1. The minimum absolute atomic E-state index is 0.0707. The van der Waals surface area contributed by atoms with Gasteiger partial charge >= 0.3 is 0 Å². The van der Waals surface area contributed by atoms with Gasteiger partial charge in [-0.15, -0.1) is 0 Å². The third-order valence-electron chi connectivity index (χ3n) is 6.95. The molecular weight excluding hydrogens is 422 g/mol. The first-order valence-corrected chi connectivity index (χ1v) is 12.1. The highest BCUT2D eigenvalue weighted by atomic mass is 16.1. The van der Waals surface area contributed by atoms with Gasteiger partial charge in [-0.1, -0.05) is 24.3 Å². The minimum atomic E-state index is 0.0707. The predicted molar refractivity (Wildman–Crippen MR) is 135 cm³/mol. The van der Waals surface area contributed by atoms with E-state index in [-0.39, 0.29) is 11.8 Å². The largest absolute Gasteiger partial charge is 0.331 e. The molecule has 2 N–H and O–H groups in total. The number of hydrogen-bond acceptors (Lipinski definition) is 2. The van der Waals surface area contributed by atoms with Gasteiger partial charge in [0.05, 0.1) is 30.5 Å². The molecule has 1 aliphatic heterocycles. The Labute approximate surface area is 200 Å². The van der Waals surface area contributed by atoms with Crippen molar-refractivity contribution < 1.29 is 9.69 Å². The van der Waals surface area contributed by atoms with Crippen molar-refractivity contribution in [2.75, 3.05) is 18.4 Å². The molecule has 5 rings (SSSR count). The van der Waals surface area contributed by atoms with Crippen molar-refractivity contribution in [3.8, 4) is 11.5 Å². The molecule has 34 heavy (non-hydrogen) atoms. The second-order valence-corrected chi connectivity index (χ2v) is 9.32. The minimum Gasteiger partial charge on any atom is -0.331 e. The van der Waals surface area contributed by atoms with Crippen LogP contribution in [0.2, 0.25) is 0 Å². The number of piperidine rings is 1. The summed E-state index contributed by atoms with van der Waals surface area (Å²) in [5.74, 6) is 1.30. The zero-order chi connectivity index (χ0) is 23.5. The second kappa shape index (κ2) is 9.69. The highest BCUT2D eigenvalue weighted by Crippen LogP contribution is 2.21. The summed E-state index contributed by atoms with van der Waals surface area (Å²) in [5, 5.41) is 7.86. The quantitative estimate of drug-likeness (QED) is 0.467. The lowest BCUT2D eigenvalue weighted by molar-refractivity contribution is -0.919. The molecule has 0 saturated carbocycles. The van der Waals surface area contributed by atoms with Gasteiger partial charge in [0.15, 0.2) is 0 Å². The number of nitrogens with one attached hydrogen (secondary N) is 2. The smallest absolute Gasteiger partial charge is 0.227 e. The number of aromatic nitrogens is 3. The van der Waals surface area contributed by atoms with E-state index in [0.29, 0.717) is 0 Å². The molecule has 2 aromatic carbocycles. The number of likely N-dealkylation sites (tertiary alicyclic amines) is 1. The van der Waals surface area contributed by atoms with Crippen molar-refractivity contribution in [1.29, 1.82) is 0 Å². The highest BCUT2D eigenvalue weighted by Gasteiger charge is 2.29. The number of anilines is 1. The van der Waals surface area contributed by atoms with Gasteiger partial charge < -0.3 is 14.8 Å². The molecule has 6 heteroatoms. The van der Waals surface area contributed by atoms with Gasteiger partial charge in [-0.3, -0.25) is 4.79 Å². The normalized spacial score (nSPS) is 18.1. The van der Waals surface area contributed by atoms with Crippen LogP contribution in [0.4, 0.5) is 5.69 Å². The highest BCUT2D eigenvalue weighted by molar-refractivity contribution is 5.92. The Morgan fingerprint density at radius 2 is 1.74 bits per heavy atom. The summed E-state index contributed by atoms with van der Waals surface area (Å²) in [5.41, 5.74) is 5.60. The molecule has 4 aromatic rings. The van der Waals surface area contributed by atoms with Crippen molar-refractivity contribution in [3.63, 3.8) is 0 Å². The van der Waals surface area contributed by atoms with Crippen molar-refractivity contribution in [2.24, 2.45) is 5.92 Å². The van der Waals surface area contributed by atoms with Gasteiger partial charge in [0.1, 0.15) is 12.4 Å². The lowest BCUT2D eigenvalue weighted by Gasteiger charge is -2.28. The third kappa shape index (κ3) is 4.68. The van der Waals surface area contributed by atoms with Gasteiger partial charge in [-0.25, -0.2) is 4.68 Å². The number of nitrogens with zero attached hydrogens (tertiary/aromatic N) is 3. The molecule has 0 atom stereocenters. The SMILES string of the molecule is Cc1ccc(NC(=O)C2CC[NH+](Cc3cnn(-c4ccccc4)c3-n3cccc3)CC2)cc1C. The van der Waals surface area contributed by atoms with Gasteiger partial charge in [0, 0.05) is 36.8 Å². The fraction of sp³-hybridized carbons (Fsp3) is 0.286. The van der Waals surface area contributed by atoms with Crippen LogP contribution in [0.1, 0.15) is 29.5 Å². The lowest BCUT2D eigenvalue weighted by Crippen LogP contribution is -3.11. The van der Waals surface area contributed by atoms with E-state index in [1.165, 1.54) is 21.6 Å². The van der Waals surface area contributed by atoms with E-state index in [4.69, 9.17) is 5.10 Å². The summed E-state index contributed by atoms with van der Waals surface area (Å²) < 4.78 is 4.15. The lowest BCUT2D eigenvalue weighted by atomic mass is 9.95. The summed E-state index contributed by atoms with van der Waals surface area (Å²) in [4.78, 5) is 14.4. The summed E-state index contributed by atoms with van der Waals surface area (Å²) in [6.07, 6.45) is 7.93. The first kappa shape index (κ1) is 22.2. The van der Waals surface area contributed by atoms with E-state index < -0.39 is 0 Å². The van der Waals surface area contributed by atoms with Crippen LogP contribution >= 0.6 is 0 Å². The molecule has 1 saturated heterocycles. The van der Waals surface area contributed by atoms with Crippen LogP contribution in [-0.4, -0.2) is 33.3 Å². The fourth-order valence-corrected chi connectivity index (χ4v) is 4.81. The molecular formula is C28H32N5O+. The molecule has 0 bridgehead atoms. The fourth-order valence-electron chi connectivity index (χ4n) is 4.81. The van der Waals surface area contributed by atoms with E-state index in [1.807, 2.05) is 47.3 Å². The first-order chi connectivity index (χ1) is 16.6.